The van der Waals surface area contributed by atoms with E-state index in [1.54, 1.807) is 0 Å². The van der Waals surface area contributed by atoms with Gasteiger partial charge < -0.3 is 24.9 Å². The number of carbonyl (C=O) groups is 2. The van der Waals surface area contributed by atoms with Crippen molar-refractivity contribution in [2.24, 2.45) is 16.8 Å². The number of carbonyl (C=O) groups excluding carboxylic acids is 2. The summed E-state index contributed by atoms with van der Waals surface area (Å²) in [7, 11) is 0. The molecule has 0 radical (unpaired) electrons. The Balaban J connectivity index is 1.15. The van der Waals surface area contributed by atoms with Gasteiger partial charge >= 0.3 is 0 Å². The number of nitrogens with zero attached hydrogens (tertiary/aromatic N) is 4. The van der Waals surface area contributed by atoms with Gasteiger partial charge in [0.2, 0.25) is 11.5 Å². The van der Waals surface area contributed by atoms with Crippen LogP contribution in [-0.4, -0.2) is 80.1 Å². The number of fused-ring (bicyclic) bond motifs is 3. The van der Waals surface area contributed by atoms with E-state index in [1.165, 1.54) is 29.8 Å². The number of piperazine rings is 1. The summed E-state index contributed by atoms with van der Waals surface area (Å²) in [5, 5.41) is 14.0. The molecule has 1 aliphatic carbocycles. The number of likely N-dealkylation sites (tertiary alicyclic amines) is 1. The van der Waals surface area contributed by atoms with Crippen molar-refractivity contribution in [3.8, 4) is 0 Å². The Hall–Kier alpha value is -3.34. The van der Waals surface area contributed by atoms with Crippen molar-refractivity contribution in [2.75, 3.05) is 26.2 Å². The molecule has 9 nitrogen and oxygen atoms in total. The highest BCUT2D eigenvalue weighted by atomic mass is 19.1. The summed E-state index contributed by atoms with van der Waals surface area (Å²) >= 11 is 0. The first kappa shape index (κ1) is 31.3. The molecule has 1 saturated carbocycles. The molecule has 2 aromatic carbocycles. The Kier molecular flexibility index (Phi) is 8.63. The predicted molar refractivity (Wildman–Crippen MR) is 174 cm³/mol. The lowest BCUT2D eigenvalue weighted by molar-refractivity contribution is -0.140. The summed E-state index contributed by atoms with van der Waals surface area (Å²) in [5.41, 5.74) is 3.27. The lowest BCUT2D eigenvalue weighted by atomic mass is 9.83. The number of imidazole rings is 1. The SMILES string of the molecule is CC(C)(O)C1CCN(Cc2ccc3[nH]/c(=N\C(=O)c4ccc(F)cc4)n([C@H]4CC[C@@H](C(=O)N5[C@@H]6CC[C@H]5CNC6)CC4)c3c2)CC1. The summed E-state index contributed by atoms with van der Waals surface area (Å²) < 4.78 is 15.7. The van der Waals surface area contributed by atoms with Gasteiger partial charge in [0, 0.05) is 49.2 Å². The number of hydrogen-bond acceptors (Lipinski definition) is 5. The van der Waals surface area contributed by atoms with Crippen molar-refractivity contribution in [3.63, 3.8) is 0 Å². The van der Waals surface area contributed by atoms with Crippen LogP contribution >= 0.6 is 0 Å². The summed E-state index contributed by atoms with van der Waals surface area (Å²) in [5.74, 6) is -0.151. The molecule has 3 aromatic rings. The standard InChI is InChI=1S/C36H47FN6O3/c1-36(2,46)26-15-17-41(18-16-26)22-23-3-14-31-32(19-23)43(35(39-31)40-33(44)24-4-8-27(37)9-5-24)28-10-6-25(7-11-28)34(45)42-29-12-13-30(42)21-38-20-29/h3-5,8-9,14,19,25-26,28-30,38,46H,6-7,10-13,15-18,20-22H2,1-2H3,(H,39,40,44)/t25-,28+,29-,30+. The average Bonchev–Trinajstić information content (AvgIpc) is 3.52. The largest absolute Gasteiger partial charge is 0.390 e. The molecule has 3 saturated heterocycles. The van der Waals surface area contributed by atoms with Gasteiger partial charge in [-0.1, -0.05) is 6.07 Å². The summed E-state index contributed by atoms with van der Waals surface area (Å²) in [6.45, 7) is 8.32. The van der Waals surface area contributed by atoms with Crippen molar-refractivity contribution >= 4 is 22.8 Å². The van der Waals surface area contributed by atoms with Crippen LogP contribution < -0.4 is 10.9 Å². The molecule has 4 fully saturated rings. The third kappa shape index (κ3) is 6.31. The van der Waals surface area contributed by atoms with Crippen LogP contribution in [0.3, 0.4) is 0 Å². The molecule has 4 heterocycles. The average molecular weight is 631 g/mol. The second-order valence-electron chi connectivity index (χ2n) is 14.6. The van der Waals surface area contributed by atoms with Crippen LogP contribution in [0.25, 0.3) is 11.0 Å². The molecular weight excluding hydrogens is 583 g/mol. The van der Waals surface area contributed by atoms with Crippen molar-refractivity contribution in [1.82, 2.24) is 24.7 Å². The van der Waals surface area contributed by atoms with Gasteiger partial charge in [0.1, 0.15) is 5.82 Å². The van der Waals surface area contributed by atoms with Crippen molar-refractivity contribution in [3.05, 3.63) is 65.0 Å². The molecule has 7 rings (SSSR count). The van der Waals surface area contributed by atoms with E-state index in [9.17, 15) is 19.1 Å². The fourth-order valence-corrected chi connectivity index (χ4v) is 8.47. The number of benzene rings is 2. The summed E-state index contributed by atoms with van der Waals surface area (Å²) in [6, 6.07) is 12.7. The van der Waals surface area contributed by atoms with E-state index in [1.807, 2.05) is 13.8 Å². The van der Waals surface area contributed by atoms with Crippen LogP contribution in [0.5, 0.6) is 0 Å². The van der Waals surface area contributed by atoms with E-state index in [0.717, 1.165) is 95.1 Å². The topological polar surface area (TPSA) is 106 Å². The van der Waals surface area contributed by atoms with Crippen LogP contribution in [0, 0.1) is 17.7 Å². The van der Waals surface area contributed by atoms with Gasteiger partial charge in [0.25, 0.3) is 5.91 Å². The molecular formula is C36H47FN6O3. The number of aromatic amines is 1. The van der Waals surface area contributed by atoms with E-state index in [-0.39, 0.29) is 12.0 Å². The maximum absolute atomic E-state index is 13.7. The molecule has 0 spiro atoms. The monoisotopic (exact) mass is 630 g/mol. The van der Waals surface area contributed by atoms with Gasteiger partial charge in [-0.05, 0) is 126 Å². The normalized spacial score (nSPS) is 26.6. The second kappa shape index (κ2) is 12.7. The number of amides is 2. The van der Waals surface area contributed by atoms with Gasteiger partial charge in [0.05, 0.1) is 16.6 Å². The highest BCUT2D eigenvalue weighted by Gasteiger charge is 2.42. The van der Waals surface area contributed by atoms with Crippen LogP contribution in [-0.2, 0) is 11.3 Å². The zero-order valence-electron chi connectivity index (χ0n) is 27.1. The number of H-pyrrole nitrogens is 1. The fourth-order valence-electron chi connectivity index (χ4n) is 8.47. The first-order chi connectivity index (χ1) is 22.1. The minimum absolute atomic E-state index is 0.0341. The minimum Gasteiger partial charge on any atom is -0.390 e. The molecule has 2 bridgehead atoms. The van der Waals surface area contributed by atoms with Gasteiger partial charge in [-0.2, -0.15) is 4.99 Å². The van der Waals surface area contributed by atoms with Crippen molar-refractivity contribution in [2.45, 2.75) is 95.5 Å². The maximum Gasteiger partial charge on any atom is 0.280 e. The smallest absolute Gasteiger partial charge is 0.280 e. The van der Waals surface area contributed by atoms with Crippen LogP contribution in [0.2, 0.25) is 0 Å². The highest BCUT2D eigenvalue weighted by Crippen LogP contribution is 2.37. The maximum atomic E-state index is 13.7. The number of hydrogen-bond donors (Lipinski definition) is 3. The zero-order chi connectivity index (χ0) is 32.0. The zero-order valence-corrected chi connectivity index (χ0v) is 27.1. The van der Waals surface area contributed by atoms with Crippen LogP contribution in [0.4, 0.5) is 4.39 Å². The number of rotatable bonds is 6. The third-order valence-electron chi connectivity index (χ3n) is 11.1. The van der Waals surface area contributed by atoms with Crippen LogP contribution in [0.15, 0.2) is 47.5 Å². The quantitative estimate of drug-likeness (QED) is 0.371. The number of nitrogens with one attached hydrogen (secondary N) is 2. The Bertz CT molecular complexity index is 1620. The van der Waals surface area contributed by atoms with Crippen LogP contribution in [0.1, 0.15) is 87.2 Å². The molecule has 2 atom stereocenters. The molecule has 0 unspecified atom stereocenters. The molecule has 2 amide bonds. The summed E-state index contributed by atoms with van der Waals surface area (Å²) in [4.78, 5) is 39.5. The first-order valence-corrected chi connectivity index (χ1v) is 17.2. The Morgan fingerprint density at radius 3 is 2.22 bits per heavy atom. The van der Waals surface area contributed by atoms with E-state index < -0.39 is 17.3 Å². The van der Waals surface area contributed by atoms with Crippen molar-refractivity contribution in [1.29, 1.82) is 0 Å². The summed E-state index contributed by atoms with van der Waals surface area (Å²) in [6.07, 6.45) is 7.42. The molecule has 46 heavy (non-hydrogen) atoms. The number of halogens is 1. The Morgan fingerprint density at radius 1 is 0.913 bits per heavy atom. The second-order valence-corrected chi connectivity index (χ2v) is 14.6. The van der Waals surface area contributed by atoms with Gasteiger partial charge in [0.15, 0.2) is 0 Å². The third-order valence-corrected chi connectivity index (χ3v) is 11.1. The van der Waals surface area contributed by atoms with E-state index >= 15 is 0 Å². The Morgan fingerprint density at radius 2 is 1.57 bits per heavy atom. The number of aliphatic hydroxyl groups is 1. The number of piperidine rings is 1. The molecule has 4 aliphatic rings. The van der Waals surface area contributed by atoms with E-state index in [0.29, 0.717) is 35.1 Å². The lowest BCUT2D eigenvalue weighted by Gasteiger charge is -2.39. The predicted octanol–water partition coefficient (Wildman–Crippen LogP) is 4.53. The molecule has 246 valence electrons. The van der Waals surface area contributed by atoms with E-state index in [2.05, 4.69) is 47.9 Å². The van der Waals surface area contributed by atoms with Gasteiger partial charge in [-0.15, -0.1) is 0 Å². The fraction of sp³-hybridized carbons (Fsp3) is 0.583. The highest BCUT2D eigenvalue weighted by molar-refractivity contribution is 5.95. The number of aromatic nitrogens is 2. The molecule has 3 aliphatic heterocycles. The van der Waals surface area contributed by atoms with Gasteiger partial charge in [-0.3, -0.25) is 14.5 Å². The molecule has 1 aromatic heterocycles. The van der Waals surface area contributed by atoms with E-state index in [4.69, 9.17) is 0 Å². The molecule has 10 heteroatoms. The minimum atomic E-state index is -0.652. The molecule has 3 N–H and O–H groups in total. The van der Waals surface area contributed by atoms with Gasteiger partial charge in [-0.25, -0.2) is 4.39 Å². The lowest BCUT2D eigenvalue weighted by Crippen LogP contribution is -2.55. The first-order valence-electron chi connectivity index (χ1n) is 17.2. The Labute approximate surface area is 269 Å². The van der Waals surface area contributed by atoms with Crippen molar-refractivity contribution < 1.29 is 19.1 Å².